The van der Waals surface area contributed by atoms with Crippen LogP contribution >= 0.6 is 11.3 Å². The summed E-state index contributed by atoms with van der Waals surface area (Å²) in [5.41, 5.74) is 4.15. The van der Waals surface area contributed by atoms with Crippen molar-refractivity contribution in [2.24, 2.45) is 4.99 Å². The van der Waals surface area contributed by atoms with Crippen molar-refractivity contribution in [1.29, 1.82) is 0 Å². The molecule has 0 saturated carbocycles. The van der Waals surface area contributed by atoms with Crippen LogP contribution in [0.15, 0.2) is 47.5 Å². The van der Waals surface area contributed by atoms with Crippen molar-refractivity contribution < 1.29 is 14.3 Å². The number of hydrogen-bond acceptors (Lipinski definition) is 4. The SMILES string of the molecule is CCOC(=O)Cn1c(=NC(=O)Cc2ccc(C)c(C)c2)sc2ccccc21. The number of hydrogen-bond donors (Lipinski definition) is 0. The first kappa shape index (κ1) is 19.0. The van der Waals surface area contributed by atoms with E-state index in [0.29, 0.717) is 11.4 Å². The standard InChI is InChI=1S/C21H22N2O3S/c1-4-26-20(25)13-23-17-7-5-6-8-18(17)27-21(23)22-19(24)12-16-10-9-14(2)15(3)11-16/h5-11H,4,12-13H2,1-3H3. The molecule has 27 heavy (non-hydrogen) atoms. The van der Waals surface area contributed by atoms with Gasteiger partial charge in [-0.1, -0.05) is 41.7 Å². The molecule has 2 aromatic carbocycles. The van der Waals surface area contributed by atoms with E-state index in [1.54, 1.807) is 11.5 Å². The molecule has 1 aromatic heterocycles. The second-order valence-corrected chi connectivity index (χ2v) is 7.35. The zero-order valence-electron chi connectivity index (χ0n) is 15.7. The monoisotopic (exact) mass is 382 g/mol. The van der Waals surface area contributed by atoms with Gasteiger partial charge in [-0.2, -0.15) is 4.99 Å². The molecule has 0 fully saturated rings. The summed E-state index contributed by atoms with van der Waals surface area (Å²) in [5, 5.41) is 0. The molecule has 140 valence electrons. The number of nitrogens with zero attached hydrogens (tertiary/aromatic N) is 2. The number of rotatable bonds is 5. The van der Waals surface area contributed by atoms with Crippen molar-refractivity contribution in [3.8, 4) is 0 Å². The van der Waals surface area contributed by atoms with Crippen molar-refractivity contribution >= 4 is 33.4 Å². The molecule has 0 unspecified atom stereocenters. The van der Waals surface area contributed by atoms with Gasteiger partial charge in [-0.25, -0.2) is 0 Å². The van der Waals surface area contributed by atoms with Crippen LogP contribution in [-0.2, 0) is 27.3 Å². The molecule has 0 aliphatic rings. The summed E-state index contributed by atoms with van der Waals surface area (Å²) in [6, 6.07) is 13.7. The van der Waals surface area contributed by atoms with Gasteiger partial charge in [-0.05, 0) is 49.6 Å². The Morgan fingerprint density at radius 3 is 2.63 bits per heavy atom. The van der Waals surface area contributed by atoms with E-state index in [9.17, 15) is 9.59 Å². The second-order valence-electron chi connectivity index (χ2n) is 6.34. The number of ether oxygens (including phenoxy) is 1. The van der Waals surface area contributed by atoms with E-state index >= 15 is 0 Å². The molecule has 0 radical (unpaired) electrons. The predicted octanol–water partition coefficient (Wildman–Crippen LogP) is 3.55. The Balaban J connectivity index is 1.95. The van der Waals surface area contributed by atoms with Crippen molar-refractivity contribution in [3.63, 3.8) is 0 Å². The number of thiazole rings is 1. The van der Waals surface area contributed by atoms with Crippen molar-refractivity contribution in [3.05, 3.63) is 64.0 Å². The summed E-state index contributed by atoms with van der Waals surface area (Å²) >= 11 is 1.40. The zero-order valence-corrected chi connectivity index (χ0v) is 16.5. The van der Waals surface area contributed by atoms with Crippen molar-refractivity contribution in [2.75, 3.05) is 6.61 Å². The highest BCUT2D eigenvalue weighted by molar-refractivity contribution is 7.16. The Morgan fingerprint density at radius 1 is 1.11 bits per heavy atom. The van der Waals surface area contributed by atoms with E-state index < -0.39 is 0 Å². The molecule has 1 heterocycles. The van der Waals surface area contributed by atoms with E-state index in [0.717, 1.165) is 21.3 Å². The maximum Gasteiger partial charge on any atom is 0.326 e. The molecule has 1 amide bonds. The highest BCUT2D eigenvalue weighted by Crippen LogP contribution is 2.17. The topological polar surface area (TPSA) is 60.7 Å². The van der Waals surface area contributed by atoms with Crippen LogP contribution in [-0.4, -0.2) is 23.1 Å². The van der Waals surface area contributed by atoms with Crippen LogP contribution < -0.4 is 4.80 Å². The summed E-state index contributed by atoms with van der Waals surface area (Å²) in [4.78, 5) is 29.3. The molecule has 6 heteroatoms. The summed E-state index contributed by atoms with van der Waals surface area (Å²) in [7, 11) is 0. The van der Waals surface area contributed by atoms with Gasteiger partial charge in [0, 0.05) is 0 Å². The van der Waals surface area contributed by atoms with Gasteiger partial charge in [-0.15, -0.1) is 0 Å². The van der Waals surface area contributed by atoms with E-state index in [1.165, 1.54) is 16.9 Å². The maximum absolute atomic E-state index is 12.5. The summed E-state index contributed by atoms with van der Waals surface area (Å²) in [6.07, 6.45) is 0.231. The molecule has 0 bridgehead atoms. The summed E-state index contributed by atoms with van der Waals surface area (Å²) in [5.74, 6) is -0.577. The Bertz CT molecular complexity index is 1060. The average Bonchev–Trinajstić information content (AvgIpc) is 2.95. The first-order valence-corrected chi connectivity index (χ1v) is 9.67. The largest absolute Gasteiger partial charge is 0.465 e. The Labute approximate surface area is 161 Å². The fourth-order valence-electron chi connectivity index (χ4n) is 2.83. The molecule has 0 aliphatic heterocycles. The van der Waals surface area contributed by atoms with E-state index in [-0.39, 0.29) is 24.8 Å². The minimum atomic E-state index is -0.343. The Morgan fingerprint density at radius 2 is 1.89 bits per heavy atom. The van der Waals surface area contributed by atoms with Crippen LogP contribution in [0.4, 0.5) is 0 Å². The minimum absolute atomic E-state index is 0.0353. The van der Waals surface area contributed by atoms with Crippen LogP contribution in [0.25, 0.3) is 10.2 Å². The van der Waals surface area contributed by atoms with Gasteiger partial charge in [0.25, 0.3) is 5.91 Å². The molecule has 3 rings (SSSR count). The molecule has 5 nitrogen and oxygen atoms in total. The molecular formula is C21H22N2O3S. The third-order valence-electron chi connectivity index (χ3n) is 4.33. The Kier molecular flexibility index (Phi) is 5.86. The number of para-hydroxylation sites is 1. The molecule has 0 atom stereocenters. The molecule has 0 N–H and O–H groups in total. The molecule has 0 aliphatic carbocycles. The van der Waals surface area contributed by atoms with E-state index in [1.807, 2.05) is 56.3 Å². The zero-order chi connectivity index (χ0) is 19.4. The number of aryl methyl sites for hydroxylation is 2. The lowest BCUT2D eigenvalue weighted by Crippen LogP contribution is -2.23. The number of amides is 1. The smallest absolute Gasteiger partial charge is 0.326 e. The average molecular weight is 382 g/mol. The number of benzene rings is 2. The van der Waals surface area contributed by atoms with Crippen LogP contribution in [0.2, 0.25) is 0 Å². The normalized spacial score (nSPS) is 11.7. The summed E-state index contributed by atoms with van der Waals surface area (Å²) in [6.45, 7) is 6.19. The van der Waals surface area contributed by atoms with Gasteiger partial charge >= 0.3 is 5.97 Å². The highest BCUT2D eigenvalue weighted by Gasteiger charge is 2.12. The number of esters is 1. The molecule has 0 saturated heterocycles. The van der Waals surface area contributed by atoms with Crippen molar-refractivity contribution in [2.45, 2.75) is 33.7 Å². The molecule has 3 aromatic rings. The lowest BCUT2D eigenvalue weighted by Gasteiger charge is -2.05. The van der Waals surface area contributed by atoms with Crippen LogP contribution in [0.3, 0.4) is 0 Å². The number of carbonyl (C=O) groups excluding carboxylic acids is 2. The Hall–Kier alpha value is -2.73. The van der Waals surface area contributed by atoms with Gasteiger partial charge in [0.05, 0.1) is 23.2 Å². The second kappa shape index (κ2) is 8.31. The first-order chi connectivity index (χ1) is 13.0. The first-order valence-electron chi connectivity index (χ1n) is 8.85. The maximum atomic E-state index is 12.5. The van der Waals surface area contributed by atoms with E-state index in [2.05, 4.69) is 4.99 Å². The van der Waals surface area contributed by atoms with Crippen LogP contribution in [0, 0.1) is 13.8 Å². The fraction of sp³-hybridized carbons (Fsp3) is 0.286. The van der Waals surface area contributed by atoms with Gasteiger partial charge in [0.15, 0.2) is 4.80 Å². The van der Waals surface area contributed by atoms with Gasteiger partial charge in [0.1, 0.15) is 6.54 Å². The van der Waals surface area contributed by atoms with Crippen LogP contribution in [0.5, 0.6) is 0 Å². The fourth-order valence-corrected chi connectivity index (χ4v) is 3.88. The van der Waals surface area contributed by atoms with E-state index in [4.69, 9.17) is 4.74 Å². The lowest BCUT2D eigenvalue weighted by molar-refractivity contribution is -0.143. The van der Waals surface area contributed by atoms with Gasteiger partial charge < -0.3 is 9.30 Å². The number of aromatic nitrogens is 1. The number of carbonyl (C=O) groups is 2. The lowest BCUT2D eigenvalue weighted by atomic mass is 10.0. The van der Waals surface area contributed by atoms with Crippen molar-refractivity contribution in [1.82, 2.24) is 4.57 Å². The van der Waals surface area contributed by atoms with Gasteiger partial charge in [0.2, 0.25) is 0 Å². The third kappa shape index (κ3) is 4.52. The van der Waals surface area contributed by atoms with Crippen LogP contribution in [0.1, 0.15) is 23.6 Å². The summed E-state index contributed by atoms with van der Waals surface area (Å²) < 4.78 is 7.78. The predicted molar refractivity (Wildman–Crippen MR) is 107 cm³/mol. The third-order valence-corrected chi connectivity index (χ3v) is 5.39. The molecular weight excluding hydrogens is 360 g/mol. The van der Waals surface area contributed by atoms with Gasteiger partial charge in [-0.3, -0.25) is 9.59 Å². The molecule has 0 spiro atoms. The number of fused-ring (bicyclic) bond motifs is 1. The quantitative estimate of drug-likeness (QED) is 0.634. The highest BCUT2D eigenvalue weighted by atomic mass is 32.1. The minimum Gasteiger partial charge on any atom is -0.465 e.